The summed E-state index contributed by atoms with van der Waals surface area (Å²) in [7, 11) is -3.49. The molecule has 0 aromatic heterocycles. The Kier molecular flexibility index (Phi) is 3.77. The molecule has 1 amide bonds. The van der Waals surface area contributed by atoms with Gasteiger partial charge in [-0.3, -0.25) is 4.79 Å². The molecule has 0 saturated heterocycles. The molecule has 1 fully saturated rings. The van der Waals surface area contributed by atoms with Gasteiger partial charge in [0.05, 0.1) is 4.90 Å². The Labute approximate surface area is 131 Å². The van der Waals surface area contributed by atoms with Gasteiger partial charge in [0, 0.05) is 24.7 Å². The van der Waals surface area contributed by atoms with Crippen LogP contribution in [0.3, 0.4) is 0 Å². The number of rotatable bonds is 4. The molecule has 1 N–H and O–H groups in total. The van der Waals surface area contributed by atoms with Crippen LogP contribution in [0.4, 0.5) is 5.69 Å². The summed E-state index contributed by atoms with van der Waals surface area (Å²) in [5, 5.41) is 0. The summed E-state index contributed by atoms with van der Waals surface area (Å²) >= 11 is 0. The van der Waals surface area contributed by atoms with Crippen molar-refractivity contribution >= 4 is 21.6 Å². The Morgan fingerprint density at radius 1 is 1.36 bits per heavy atom. The standard InChI is InChI=1S/C16H22N2O3S/c1-10-8-14-9-15(6-7-16(14)18(10)12(3)19)22(20,21)17-11(2)13-4-5-13/h6-7,9-11,13,17H,4-5,8H2,1-3H3. The van der Waals surface area contributed by atoms with E-state index in [4.69, 9.17) is 0 Å². The van der Waals surface area contributed by atoms with E-state index in [-0.39, 0.29) is 22.9 Å². The second kappa shape index (κ2) is 5.35. The van der Waals surface area contributed by atoms with Gasteiger partial charge >= 0.3 is 0 Å². The average molecular weight is 322 g/mol. The maximum atomic E-state index is 12.5. The first kappa shape index (κ1) is 15.5. The van der Waals surface area contributed by atoms with Crippen LogP contribution in [0, 0.1) is 5.92 Å². The van der Waals surface area contributed by atoms with E-state index >= 15 is 0 Å². The maximum Gasteiger partial charge on any atom is 0.240 e. The van der Waals surface area contributed by atoms with Gasteiger partial charge in [0.25, 0.3) is 0 Å². The first-order chi connectivity index (χ1) is 10.3. The smallest absolute Gasteiger partial charge is 0.240 e. The zero-order valence-electron chi connectivity index (χ0n) is 13.2. The minimum Gasteiger partial charge on any atom is -0.309 e. The molecule has 6 heteroatoms. The molecule has 2 aliphatic rings. The highest BCUT2D eigenvalue weighted by atomic mass is 32.2. The third-order valence-corrected chi connectivity index (χ3v) is 6.14. The molecule has 0 radical (unpaired) electrons. The average Bonchev–Trinajstić information content (AvgIpc) is 3.19. The molecular weight excluding hydrogens is 300 g/mol. The molecule has 1 saturated carbocycles. The van der Waals surface area contributed by atoms with Gasteiger partial charge in [0.2, 0.25) is 15.9 Å². The molecular formula is C16H22N2O3S. The lowest BCUT2D eigenvalue weighted by Crippen LogP contribution is -2.34. The molecule has 0 bridgehead atoms. The molecule has 1 aromatic rings. The highest BCUT2D eigenvalue weighted by Crippen LogP contribution is 2.35. The van der Waals surface area contributed by atoms with Gasteiger partial charge in [-0.2, -0.15) is 0 Å². The van der Waals surface area contributed by atoms with Crippen molar-refractivity contribution in [1.29, 1.82) is 0 Å². The van der Waals surface area contributed by atoms with Crippen molar-refractivity contribution < 1.29 is 13.2 Å². The maximum absolute atomic E-state index is 12.5. The molecule has 2 unspecified atom stereocenters. The van der Waals surface area contributed by atoms with Crippen LogP contribution in [0.15, 0.2) is 23.1 Å². The van der Waals surface area contributed by atoms with Gasteiger partial charge in [0.15, 0.2) is 0 Å². The van der Waals surface area contributed by atoms with E-state index in [1.54, 1.807) is 23.1 Å². The fraction of sp³-hybridized carbons (Fsp3) is 0.562. The number of fused-ring (bicyclic) bond motifs is 1. The summed E-state index contributed by atoms with van der Waals surface area (Å²) in [5.41, 5.74) is 1.75. The lowest BCUT2D eigenvalue weighted by atomic mass is 10.1. The third-order valence-electron chi connectivity index (χ3n) is 4.59. The minimum absolute atomic E-state index is 0.0117. The summed E-state index contributed by atoms with van der Waals surface area (Å²) in [6.45, 7) is 5.43. The zero-order valence-corrected chi connectivity index (χ0v) is 14.0. The first-order valence-corrected chi connectivity index (χ1v) is 9.23. The number of carbonyl (C=O) groups excluding carboxylic acids is 1. The molecule has 2 atom stereocenters. The lowest BCUT2D eigenvalue weighted by Gasteiger charge is -2.20. The summed E-state index contributed by atoms with van der Waals surface area (Å²) < 4.78 is 27.7. The van der Waals surface area contributed by atoms with Gasteiger partial charge in [-0.1, -0.05) is 0 Å². The molecule has 1 aromatic carbocycles. The number of sulfonamides is 1. The van der Waals surface area contributed by atoms with Crippen molar-refractivity contribution in [2.45, 2.75) is 57.0 Å². The predicted octanol–water partition coefficient (Wildman–Crippen LogP) is 2.06. The SMILES string of the molecule is CC(=O)N1c2ccc(S(=O)(=O)NC(C)C3CC3)cc2CC1C. The fourth-order valence-corrected chi connectivity index (χ4v) is 4.62. The lowest BCUT2D eigenvalue weighted by molar-refractivity contribution is -0.116. The molecule has 1 aliphatic carbocycles. The van der Waals surface area contributed by atoms with Crippen LogP contribution in [0.25, 0.3) is 0 Å². The number of nitrogens with zero attached hydrogens (tertiary/aromatic N) is 1. The van der Waals surface area contributed by atoms with E-state index in [9.17, 15) is 13.2 Å². The number of amides is 1. The summed E-state index contributed by atoms with van der Waals surface area (Å²) in [6, 6.07) is 5.09. The van der Waals surface area contributed by atoms with E-state index in [1.165, 1.54) is 6.92 Å². The second-order valence-electron chi connectivity index (χ2n) is 6.48. The van der Waals surface area contributed by atoms with Crippen LogP contribution in [0.2, 0.25) is 0 Å². The largest absolute Gasteiger partial charge is 0.309 e. The van der Waals surface area contributed by atoms with Crippen molar-refractivity contribution in [2.75, 3.05) is 4.90 Å². The van der Waals surface area contributed by atoms with Gasteiger partial charge < -0.3 is 4.90 Å². The summed E-state index contributed by atoms with van der Waals surface area (Å²) in [4.78, 5) is 13.7. The van der Waals surface area contributed by atoms with Crippen molar-refractivity contribution in [3.8, 4) is 0 Å². The Morgan fingerprint density at radius 3 is 2.64 bits per heavy atom. The number of benzene rings is 1. The Morgan fingerprint density at radius 2 is 2.05 bits per heavy atom. The Hall–Kier alpha value is -1.40. The molecule has 3 rings (SSSR count). The zero-order chi connectivity index (χ0) is 16.1. The minimum atomic E-state index is -3.49. The number of nitrogens with one attached hydrogen (secondary N) is 1. The van der Waals surface area contributed by atoms with Crippen molar-refractivity contribution in [3.05, 3.63) is 23.8 Å². The molecule has 22 heavy (non-hydrogen) atoms. The van der Waals surface area contributed by atoms with E-state index in [0.717, 1.165) is 24.1 Å². The van der Waals surface area contributed by atoms with Crippen LogP contribution in [0.5, 0.6) is 0 Å². The third kappa shape index (κ3) is 2.77. The van der Waals surface area contributed by atoms with Crippen LogP contribution in [0.1, 0.15) is 39.2 Å². The normalized spacial score (nSPS) is 22.5. The van der Waals surface area contributed by atoms with E-state index in [1.807, 2.05) is 13.8 Å². The number of hydrogen-bond donors (Lipinski definition) is 1. The predicted molar refractivity (Wildman–Crippen MR) is 85.3 cm³/mol. The van der Waals surface area contributed by atoms with Crippen LogP contribution in [-0.4, -0.2) is 26.4 Å². The van der Waals surface area contributed by atoms with Gasteiger partial charge in [0.1, 0.15) is 0 Å². The molecule has 0 spiro atoms. The van der Waals surface area contributed by atoms with E-state index in [0.29, 0.717) is 12.3 Å². The molecule has 5 nitrogen and oxygen atoms in total. The van der Waals surface area contributed by atoms with Crippen molar-refractivity contribution in [1.82, 2.24) is 4.72 Å². The Bertz CT molecular complexity index is 710. The van der Waals surface area contributed by atoms with E-state index < -0.39 is 10.0 Å². The molecule has 1 aliphatic heterocycles. The monoisotopic (exact) mass is 322 g/mol. The number of hydrogen-bond acceptors (Lipinski definition) is 3. The van der Waals surface area contributed by atoms with Crippen molar-refractivity contribution in [3.63, 3.8) is 0 Å². The van der Waals surface area contributed by atoms with E-state index in [2.05, 4.69) is 4.72 Å². The van der Waals surface area contributed by atoms with Crippen LogP contribution in [-0.2, 0) is 21.2 Å². The highest BCUT2D eigenvalue weighted by Gasteiger charge is 2.33. The van der Waals surface area contributed by atoms with Crippen molar-refractivity contribution in [2.24, 2.45) is 5.92 Å². The van der Waals surface area contributed by atoms with Gasteiger partial charge in [-0.15, -0.1) is 0 Å². The van der Waals surface area contributed by atoms with Gasteiger partial charge in [-0.25, -0.2) is 13.1 Å². The second-order valence-corrected chi connectivity index (χ2v) is 8.19. The topological polar surface area (TPSA) is 66.5 Å². The first-order valence-electron chi connectivity index (χ1n) is 7.74. The summed E-state index contributed by atoms with van der Waals surface area (Å²) in [5.74, 6) is 0.458. The van der Waals surface area contributed by atoms with Gasteiger partial charge in [-0.05, 0) is 62.8 Å². The van der Waals surface area contributed by atoms with Crippen LogP contribution < -0.4 is 9.62 Å². The summed E-state index contributed by atoms with van der Waals surface area (Å²) in [6.07, 6.45) is 2.88. The number of carbonyl (C=O) groups is 1. The number of anilines is 1. The Balaban J connectivity index is 1.88. The quantitative estimate of drug-likeness (QED) is 0.923. The molecule has 1 heterocycles. The fourth-order valence-electron chi connectivity index (χ4n) is 3.26. The molecule has 120 valence electrons. The highest BCUT2D eigenvalue weighted by molar-refractivity contribution is 7.89. The van der Waals surface area contributed by atoms with Crippen LogP contribution >= 0.6 is 0 Å².